The number of aromatic amines is 1. The number of para-hydroxylation sites is 1. The molecule has 1 fully saturated rings. The van der Waals surface area contributed by atoms with Crippen LogP contribution < -0.4 is 14.5 Å². The SMILES string of the molecule is Cc1cc(/C(O)=C2\C(=O)C(=O)N(c3ccc(N(C)C)cc3)C2c2c[nH]c3ccccc23)ccc1OCc1ccccc1. The first-order chi connectivity index (χ1) is 20.3. The van der Waals surface area contributed by atoms with E-state index in [9.17, 15) is 14.7 Å². The Labute approximate surface area is 244 Å². The summed E-state index contributed by atoms with van der Waals surface area (Å²) in [7, 11) is 3.88. The highest BCUT2D eigenvalue weighted by atomic mass is 16.5. The average Bonchev–Trinajstić information content (AvgIpc) is 3.54. The van der Waals surface area contributed by atoms with Gasteiger partial charge in [0.2, 0.25) is 0 Å². The van der Waals surface area contributed by atoms with Gasteiger partial charge in [0, 0.05) is 53.7 Å². The van der Waals surface area contributed by atoms with Crippen molar-refractivity contribution in [1.29, 1.82) is 0 Å². The Balaban J connectivity index is 1.44. The van der Waals surface area contributed by atoms with Gasteiger partial charge < -0.3 is 19.7 Å². The molecule has 42 heavy (non-hydrogen) atoms. The molecule has 1 aliphatic rings. The third kappa shape index (κ3) is 4.79. The van der Waals surface area contributed by atoms with Crippen molar-refractivity contribution in [2.24, 2.45) is 0 Å². The zero-order valence-corrected chi connectivity index (χ0v) is 23.7. The standard InChI is InChI=1S/C35H31N3O4/c1-22-19-24(13-18-30(22)42-21-23-9-5-4-6-10-23)33(39)31-32(28-20-36-29-12-8-7-11-27(28)29)38(35(41)34(31)40)26-16-14-25(15-17-26)37(2)3/h4-20,32,36,39H,21H2,1-3H3/b33-31+. The first kappa shape index (κ1) is 26.9. The van der Waals surface area contributed by atoms with Crippen LogP contribution in [0.25, 0.3) is 16.7 Å². The van der Waals surface area contributed by atoms with Gasteiger partial charge in [-0.25, -0.2) is 0 Å². The Morgan fingerprint density at radius 1 is 0.929 bits per heavy atom. The Morgan fingerprint density at radius 3 is 2.36 bits per heavy atom. The van der Waals surface area contributed by atoms with Gasteiger partial charge in [-0.2, -0.15) is 0 Å². The minimum absolute atomic E-state index is 0.0405. The number of fused-ring (bicyclic) bond motifs is 1. The summed E-state index contributed by atoms with van der Waals surface area (Å²) in [6.45, 7) is 2.30. The number of aromatic nitrogens is 1. The molecule has 0 bridgehead atoms. The number of benzene rings is 4. The summed E-state index contributed by atoms with van der Waals surface area (Å²) in [6, 6.07) is 29.5. The topological polar surface area (TPSA) is 85.9 Å². The molecule has 6 rings (SSSR count). The van der Waals surface area contributed by atoms with Gasteiger partial charge in [-0.3, -0.25) is 14.5 Å². The zero-order valence-electron chi connectivity index (χ0n) is 23.7. The van der Waals surface area contributed by atoms with Gasteiger partial charge in [-0.1, -0.05) is 48.5 Å². The number of amides is 1. The lowest BCUT2D eigenvalue weighted by Crippen LogP contribution is -2.29. The number of aliphatic hydroxyl groups is 1. The fraction of sp³-hybridized carbons (Fsp3) is 0.143. The number of aryl methyl sites for hydroxylation is 1. The minimum Gasteiger partial charge on any atom is -0.507 e. The van der Waals surface area contributed by atoms with Crippen LogP contribution in [0.15, 0.2) is 109 Å². The zero-order chi connectivity index (χ0) is 29.4. The molecule has 7 heteroatoms. The molecule has 5 aromatic rings. The fourth-order valence-corrected chi connectivity index (χ4v) is 5.47. The number of carbonyl (C=O) groups is 2. The molecule has 7 nitrogen and oxygen atoms in total. The van der Waals surface area contributed by atoms with Gasteiger partial charge in [0.1, 0.15) is 18.1 Å². The summed E-state index contributed by atoms with van der Waals surface area (Å²) in [5, 5.41) is 12.5. The highest BCUT2D eigenvalue weighted by Crippen LogP contribution is 2.44. The maximum atomic E-state index is 13.7. The predicted octanol–water partition coefficient (Wildman–Crippen LogP) is 6.75. The first-order valence-electron chi connectivity index (χ1n) is 13.8. The van der Waals surface area contributed by atoms with Crippen LogP contribution in [0.3, 0.4) is 0 Å². The predicted molar refractivity (Wildman–Crippen MR) is 166 cm³/mol. The molecule has 1 atom stereocenters. The Bertz CT molecular complexity index is 1820. The number of nitrogens with one attached hydrogen (secondary N) is 1. The van der Waals surface area contributed by atoms with Crippen molar-refractivity contribution in [2.45, 2.75) is 19.6 Å². The number of ketones is 1. The molecule has 1 unspecified atom stereocenters. The van der Waals surface area contributed by atoms with E-state index in [4.69, 9.17) is 4.74 Å². The van der Waals surface area contributed by atoms with Gasteiger partial charge >= 0.3 is 0 Å². The van der Waals surface area contributed by atoms with E-state index >= 15 is 0 Å². The van der Waals surface area contributed by atoms with E-state index in [1.165, 1.54) is 4.90 Å². The molecule has 1 saturated heterocycles. The number of rotatable bonds is 7. The smallest absolute Gasteiger partial charge is 0.300 e. The third-order valence-electron chi connectivity index (χ3n) is 7.69. The van der Waals surface area contributed by atoms with Crippen molar-refractivity contribution >= 4 is 39.7 Å². The van der Waals surface area contributed by atoms with E-state index in [0.29, 0.717) is 23.6 Å². The largest absolute Gasteiger partial charge is 0.507 e. The second-order valence-electron chi connectivity index (χ2n) is 10.6. The van der Waals surface area contributed by atoms with Crippen molar-refractivity contribution < 1.29 is 19.4 Å². The van der Waals surface area contributed by atoms with Crippen LogP contribution >= 0.6 is 0 Å². The van der Waals surface area contributed by atoms with Gasteiger partial charge in [0.05, 0.1) is 11.6 Å². The number of aliphatic hydroxyl groups excluding tert-OH is 1. The lowest BCUT2D eigenvalue weighted by atomic mass is 9.94. The molecule has 210 valence electrons. The summed E-state index contributed by atoms with van der Waals surface area (Å²) >= 11 is 0. The van der Waals surface area contributed by atoms with Crippen LogP contribution in [-0.4, -0.2) is 35.9 Å². The monoisotopic (exact) mass is 557 g/mol. The summed E-state index contributed by atoms with van der Waals surface area (Å²) < 4.78 is 6.02. The number of nitrogens with zero attached hydrogens (tertiary/aromatic N) is 2. The number of anilines is 2. The van der Waals surface area contributed by atoms with Gasteiger partial charge in [-0.15, -0.1) is 0 Å². The van der Waals surface area contributed by atoms with Crippen molar-refractivity contribution in [1.82, 2.24) is 4.98 Å². The normalized spacial score (nSPS) is 16.3. The maximum Gasteiger partial charge on any atom is 0.300 e. The maximum absolute atomic E-state index is 13.7. The van der Waals surface area contributed by atoms with Crippen molar-refractivity contribution in [2.75, 3.05) is 23.9 Å². The van der Waals surface area contributed by atoms with Crippen LogP contribution in [0.2, 0.25) is 0 Å². The van der Waals surface area contributed by atoms with Gasteiger partial charge in [0.15, 0.2) is 0 Å². The molecule has 2 N–H and O–H groups in total. The lowest BCUT2D eigenvalue weighted by molar-refractivity contribution is -0.132. The minimum atomic E-state index is -0.833. The van der Waals surface area contributed by atoms with Crippen LogP contribution in [0.5, 0.6) is 5.75 Å². The third-order valence-corrected chi connectivity index (χ3v) is 7.69. The summed E-state index contributed by atoms with van der Waals surface area (Å²) in [5.74, 6) is -0.982. The quantitative estimate of drug-likeness (QED) is 0.131. The molecule has 2 heterocycles. The number of ether oxygens (including phenoxy) is 1. The van der Waals surface area contributed by atoms with Crippen LogP contribution in [-0.2, 0) is 16.2 Å². The average molecular weight is 558 g/mol. The van der Waals surface area contributed by atoms with E-state index in [1.807, 2.05) is 105 Å². The van der Waals surface area contributed by atoms with Crippen LogP contribution in [0.4, 0.5) is 11.4 Å². The number of carbonyl (C=O) groups excluding carboxylic acids is 2. The van der Waals surface area contributed by atoms with E-state index in [0.717, 1.165) is 33.3 Å². The van der Waals surface area contributed by atoms with Crippen LogP contribution in [0.1, 0.15) is 28.3 Å². The van der Waals surface area contributed by atoms with Crippen molar-refractivity contribution in [3.63, 3.8) is 0 Å². The molecule has 0 saturated carbocycles. The molecular formula is C35H31N3O4. The lowest BCUT2D eigenvalue weighted by Gasteiger charge is -2.25. The first-order valence-corrected chi connectivity index (χ1v) is 13.8. The van der Waals surface area contributed by atoms with Crippen molar-refractivity contribution in [3.8, 4) is 5.75 Å². The van der Waals surface area contributed by atoms with Crippen molar-refractivity contribution in [3.05, 3.63) is 131 Å². The second kappa shape index (κ2) is 10.9. The van der Waals surface area contributed by atoms with E-state index in [1.54, 1.807) is 24.4 Å². The number of Topliss-reactive ketones (excluding diaryl/α,β-unsaturated/α-hetero) is 1. The number of H-pyrrole nitrogens is 1. The molecule has 4 aromatic carbocycles. The molecule has 1 aliphatic heterocycles. The summed E-state index contributed by atoms with van der Waals surface area (Å²) in [6.07, 6.45) is 1.81. The molecule has 0 aliphatic carbocycles. The summed E-state index contributed by atoms with van der Waals surface area (Å²) in [5.41, 5.74) is 5.44. The molecule has 1 aromatic heterocycles. The van der Waals surface area contributed by atoms with Crippen LogP contribution in [0, 0.1) is 6.92 Å². The number of hydrogen-bond donors (Lipinski definition) is 2. The second-order valence-corrected chi connectivity index (χ2v) is 10.6. The Morgan fingerprint density at radius 2 is 1.64 bits per heavy atom. The summed E-state index contributed by atoms with van der Waals surface area (Å²) in [4.78, 5) is 34.0. The molecule has 1 amide bonds. The highest BCUT2D eigenvalue weighted by Gasteiger charge is 2.47. The van der Waals surface area contributed by atoms with Gasteiger partial charge in [0.25, 0.3) is 11.7 Å². The van der Waals surface area contributed by atoms with E-state index in [2.05, 4.69) is 4.98 Å². The Hall–Kier alpha value is -5.30. The Kier molecular flexibility index (Phi) is 7.00. The number of hydrogen-bond acceptors (Lipinski definition) is 5. The molecule has 0 radical (unpaired) electrons. The molecule has 0 spiro atoms. The van der Waals surface area contributed by atoms with Gasteiger partial charge in [-0.05, 0) is 66.6 Å². The highest BCUT2D eigenvalue weighted by molar-refractivity contribution is 6.52. The van der Waals surface area contributed by atoms with E-state index in [-0.39, 0.29) is 11.3 Å². The molecular weight excluding hydrogens is 526 g/mol. The van der Waals surface area contributed by atoms with E-state index < -0.39 is 17.7 Å². The fourth-order valence-electron chi connectivity index (χ4n) is 5.47.